The molecule has 4 nitrogen and oxygen atoms in total. The van der Waals surface area contributed by atoms with E-state index in [9.17, 15) is 4.79 Å². The van der Waals surface area contributed by atoms with Crippen LogP contribution in [-0.2, 0) is 0 Å². The van der Waals surface area contributed by atoms with Crippen LogP contribution in [-0.4, -0.2) is 20.9 Å². The second kappa shape index (κ2) is 4.88. The quantitative estimate of drug-likeness (QED) is 0.621. The summed E-state index contributed by atoms with van der Waals surface area (Å²) < 4.78 is 10.2. The van der Waals surface area contributed by atoms with Gasteiger partial charge in [-0.1, -0.05) is 34.8 Å². The van der Waals surface area contributed by atoms with E-state index in [1.54, 1.807) is 41.1 Å². The number of nitrogens with zero attached hydrogens (tertiary/aromatic N) is 1. The molecule has 2 heterocycles. The summed E-state index contributed by atoms with van der Waals surface area (Å²) >= 11 is 17.0. The van der Waals surface area contributed by atoms with Crippen LogP contribution in [0.3, 0.4) is 0 Å². The van der Waals surface area contributed by atoms with Gasteiger partial charge >= 0.3 is 0 Å². The number of carbonyl (C=O) groups is 1. The molecule has 0 atom stereocenters. The second-order valence-corrected chi connectivity index (χ2v) is 6.41. The van der Waals surface area contributed by atoms with Gasteiger partial charge in [-0.25, -0.2) is 0 Å². The molecule has 0 unspecified atom stereocenters. The van der Waals surface area contributed by atoms with Crippen molar-refractivity contribution in [2.75, 3.05) is 6.79 Å². The molecule has 1 aromatic heterocycles. The maximum absolute atomic E-state index is 12.1. The highest BCUT2D eigenvalue weighted by atomic mass is 35.6. The number of ketones is 1. The summed E-state index contributed by atoms with van der Waals surface area (Å²) in [6.07, 6.45) is 1.71. The van der Waals surface area contributed by atoms with Crippen LogP contribution in [0.15, 0.2) is 36.5 Å². The number of ether oxygens (including phenoxy) is 2. The van der Waals surface area contributed by atoms with Gasteiger partial charge in [-0.15, -0.1) is 0 Å². The Kier molecular flexibility index (Phi) is 3.32. The van der Waals surface area contributed by atoms with E-state index in [0.717, 1.165) is 5.69 Å². The summed E-state index contributed by atoms with van der Waals surface area (Å²) in [5.41, 5.74) is 1.00. The molecule has 0 bridgehead atoms. The fourth-order valence-corrected chi connectivity index (χ4v) is 2.26. The van der Waals surface area contributed by atoms with Crippen LogP contribution >= 0.6 is 34.8 Å². The lowest BCUT2D eigenvalue weighted by molar-refractivity contribution is 0.0990. The van der Waals surface area contributed by atoms with Crippen LogP contribution in [0.1, 0.15) is 10.5 Å². The lowest BCUT2D eigenvalue weighted by atomic mass is 10.2. The summed E-state index contributed by atoms with van der Waals surface area (Å²) in [4.78, 5) is 12.1. The first-order chi connectivity index (χ1) is 9.47. The molecular weight excluding hydrogens is 325 g/mol. The first kappa shape index (κ1) is 13.6. The number of carbonyl (C=O) groups excluding carboxylic acids is 1. The third-order valence-corrected chi connectivity index (χ3v) is 3.39. The monoisotopic (exact) mass is 331 g/mol. The Labute approximate surface area is 129 Å². The number of aromatic nitrogens is 1. The number of fused-ring (bicyclic) bond motifs is 1. The SMILES string of the molecule is O=C(c1cccn1-c1ccc2c(c1)OCO2)C(Cl)(Cl)Cl. The predicted molar refractivity (Wildman–Crippen MR) is 76.5 cm³/mol. The second-order valence-electron chi connectivity index (χ2n) is 4.13. The van der Waals surface area contributed by atoms with E-state index in [1.807, 2.05) is 0 Å². The lowest BCUT2D eigenvalue weighted by Gasteiger charge is -2.13. The molecule has 7 heteroatoms. The summed E-state index contributed by atoms with van der Waals surface area (Å²) in [7, 11) is 0. The van der Waals surface area contributed by atoms with Gasteiger partial charge in [0.15, 0.2) is 11.5 Å². The molecule has 20 heavy (non-hydrogen) atoms. The molecule has 0 spiro atoms. The van der Waals surface area contributed by atoms with Crippen molar-refractivity contribution in [2.45, 2.75) is 3.79 Å². The first-order valence-electron chi connectivity index (χ1n) is 5.66. The predicted octanol–water partition coefficient (Wildman–Crippen LogP) is 3.76. The number of rotatable bonds is 2. The summed E-state index contributed by atoms with van der Waals surface area (Å²) in [6.45, 7) is 0.185. The van der Waals surface area contributed by atoms with Crippen molar-refractivity contribution < 1.29 is 14.3 Å². The number of hydrogen-bond donors (Lipinski definition) is 0. The van der Waals surface area contributed by atoms with Crippen LogP contribution in [0.4, 0.5) is 0 Å². The van der Waals surface area contributed by atoms with E-state index in [0.29, 0.717) is 11.5 Å². The molecule has 0 N–H and O–H groups in total. The average molecular weight is 333 g/mol. The fraction of sp³-hybridized carbons (Fsp3) is 0.154. The Hall–Kier alpha value is -1.36. The minimum absolute atomic E-state index is 0.185. The summed E-state index contributed by atoms with van der Waals surface area (Å²) in [5, 5.41) is 0. The summed E-state index contributed by atoms with van der Waals surface area (Å²) in [5.74, 6) is 0.684. The molecular formula is C13H8Cl3NO3. The van der Waals surface area contributed by atoms with Gasteiger partial charge in [0.25, 0.3) is 3.79 Å². The maximum Gasteiger partial charge on any atom is 0.255 e. The van der Waals surface area contributed by atoms with Gasteiger partial charge in [-0.3, -0.25) is 4.79 Å². The van der Waals surface area contributed by atoms with Crippen molar-refractivity contribution in [1.29, 1.82) is 0 Å². The maximum atomic E-state index is 12.1. The highest BCUT2D eigenvalue weighted by Gasteiger charge is 2.33. The zero-order chi connectivity index (χ0) is 14.3. The Balaban J connectivity index is 2.04. The van der Waals surface area contributed by atoms with Crippen LogP contribution in [0.25, 0.3) is 5.69 Å². The van der Waals surface area contributed by atoms with Crippen LogP contribution in [0, 0.1) is 0 Å². The van der Waals surface area contributed by atoms with Gasteiger partial charge in [0, 0.05) is 18.0 Å². The largest absolute Gasteiger partial charge is 0.454 e. The third-order valence-electron chi connectivity index (χ3n) is 2.87. The molecule has 0 radical (unpaired) electrons. The Morgan fingerprint density at radius 1 is 1.15 bits per heavy atom. The standard InChI is InChI=1S/C13H8Cl3NO3/c14-13(15,16)12(18)9-2-1-5-17(9)8-3-4-10-11(6-8)20-7-19-10/h1-6H,7H2. The van der Waals surface area contributed by atoms with Crippen molar-refractivity contribution in [2.24, 2.45) is 0 Å². The van der Waals surface area contributed by atoms with Gasteiger partial charge < -0.3 is 14.0 Å². The van der Waals surface area contributed by atoms with Crippen molar-refractivity contribution in [3.8, 4) is 17.2 Å². The Morgan fingerprint density at radius 2 is 1.90 bits per heavy atom. The normalized spacial score (nSPS) is 13.6. The van der Waals surface area contributed by atoms with E-state index in [4.69, 9.17) is 44.3 Å². The number of benzene rings is 1. The van der Waals surface area contributed by atoms with Gasteiger partial charge in [0.1, 0.15) is 0 Å². The number of Topliss-reactive ketones (excluding diaryl/α,β-unsaturated/α-hetero) is 1. The van der Waals surface area contributed by atoms with E-state index < -0.39 is 9.58 Å². The molecule has 0 saturated carbocycles. The van der Waals surface area contributed by atoms with Gasteiger partial charge in [-0.2, -0.15) is 0 Å². The van der Waals surface area contributed by atoms with E-state index in [1.165, 1.54) is 0 Å². The van der Waals surface area contributed by atoms with Crippen molar-refractivity contribution >= 4 is 40.6 Å². The molecule has 1 aromatic carbocycles. The molecule has 1 aliphatic rings. The van der Waals surface area contributed by atoms with Gasteiger partial charge in [0.05, 0.1) is 5.69 Å². The highest BCUT2D eigenvalue weighted by Crippen LogP contribution is 2.35. The Morgan fingerprint density at radius 3 is 2.65 bits per heavy atom. The van der Waals surface area contributed by atoms with Crippen molar-refractivity contribution in [3.05, 3.63) is 42.2 Å². The average Bonchev–Trinajstić information content (AvgIpc) is 3.04. The highest BCUT2D eigenvalue weighted by molar-refractivity contribution is 6.77. The van der Waals surface area contributed by atoms with E-state index >= 15 is 0 Å². The lowest BCUT2D eigenvalue weighted by Crippen LogP contribution is -2.21. The molecule has 0 amide bonds. The molecule has 2 aromatic rings. The molecule has 0 fully saturated rings. The zero-order valence-corrected chi connectivity index (χ0v) is 12.2. The molecule has 3 rings (SSSR count). The smallest absolute Gasteiger partial charge is 0.255 e. The number of halogens is 3. The minimum Gasteiger partial charge on any atom is -0.454 e. The van der Waals surface area contributed by atoms with Crippen molar-refractivity contribution in [3.63, 3.8) is 0 Å². The molecule has 0 aliphatic carbocycles. The van der Waals surface area contributed by atoms with E-state index in [2.05, 4.69) is 0 Å². The minimum atomic E-state index is -1.99. The van der Waals surface area contributed by atoms with Crippen LogP contribution in [0.5, 0.6) is 11.5 Å². The Bertz CT molecular complexity index is 676. The first-order valence-corrected chi connectivity index (χ1v) is 6.79. The third kappa shape index (κ3) is 2.35. The summed E-state index contributed by atoms with van der Waals surface area (Å²) in [6, 6.07) is 8.62. The molecule has 104 valence electrons. The molecule has 1 aliphatic heterocycles. The van der Waals surface area contributed by atoms with Crippen LogP contribution in [0.2, 0.25) is 0 Å². The van der Waals surface area contributed by atoms with Gasteiger partial charge in [-0.05, 0) is 24.3 Å². The van der Waals surface area contributed by atoms with Crippen molar-refractivity contribution in [1.82, 2.24) is 4.57 Å². The zero-order valence-electron chi connectivity index (χ0n) is 9.98. The van der Waals surface area contributed by atoms with E-state index in [-0.39, 0.29) is 12.5 Å². The number of alkyl halides is 3. The number of hydrogen-bond acceptors (Lipinski definition) is 3. The molecule has 0 saturated heterocycles. The van der Waals surface area contributed by atoms with Crippen LogP contribution < -0.4 is 9.47 Å². The van der Waals surface area contributed by atoms with Gasteiger partial charge in [0.2, 0.25) is 12.6 Å². The topological polar surface area (TPSA) is 40.5 Å². The fourth-order valence-electron chi connectivity index (χ4n) is 1.97.